The lowest BCUT2D eigenvalue weighted by Gasteiger charge is -2.56. The van der Waals surface area contributed by atoms with Gasteiger partial charge in [-0.3, -0.25) is 18.9 Å². The number of piperazine rings is 1. The Bertz CT molecular complexity index is 1180. The van der Waals surface area contributed by atoms with E-state index in [1.54, 1.807) is 10.6 Å². The number of amides is 2. The topological polar surface area (TPSA) is 90.2 Å². The van der Waals surface area contributed by atoms with Crippen molar-refractivity contribution < 1.29 is 14.7 Å². The van der Waals surface area contributed by atoms with E-state index in [2.05, 4.69) is 15.2 Å². The molecule has 4 bridgehead atoms. The van der Waals surface area contributed by atoms with E-state index in [-0.39, 0.29) is 29.4 Å². The summed E-state index contributed by atoms with van der Waals surface area (Å²) >= 11 is 0. The third-order valence-corrected chi connectivity index (χ3v) is 10.5. The number of imidazole rings is 1. The van der Waals surface area contributed by atoms with Crippen LogP contribution in [0.4, 0.5) is 0 Å². The zero-order valence-electron chi connectivity index (χ0n) is 22.4. The Balaban J connectivity index is 1.01. The average molecular weight is 520 g/mol. The van der Waals surface area contributed by atoms with Gasteiger partial charge in [0, 0.05) is 45.0 Å². The first-order valence-corrected chi connectivity index (χ1v) is 14.9. The smallest absolute Gasteiger partial charge is 0.274 e. The second kappa shape index (κ2) is 9.63. The van der Waals surface area contributed by atoms with Crippen molar-refractivity contribution in [3.8, 4) is 0 Å². The van der Waals surface area contributed by atoms with E-state index < -0.39 is 0 Å². The lowest BCUT2D eigenvalue weighted by atomic mass is 9.49. The van der Waals surface area contributed by atoms with Crippen molar-refractivity contribution in [2.45, 2.75) is 76.4 Å². The maximum absolute atomic E-state index is 13.4. The van der Waals surface area contributed by atoms with Crippen molar-refractivity contribution in [1.82, 2.24) is 24.5 Å². The molecular formula is C30H41N5O3. The number of carbonyl (C=O) groups is 2. The fourth-order valence-corrected chi connectivity index (χ4v) is 9.10. The summed E-state index contributed by atoms with van der Waals surface area (Å²) in [6.45, 7) is 3.58. The maximum atomic E-state index is 13.4. The third-order valence-electron chi connectivity index (χ3n) is 10.5. The highest BCUT2D eigenvalue weighted by Crippen LogP contribution is 2.59. The van der Waals surface area contributed by atoms with Crippen LogP contribution in [-0.4, -0.2) is 81.0 Å². The molecule has 2 N–H and O–H groups in total. The van der Waals surface area contributed by atoms with Crippen molar-refractivity contribution in [3.63, 3.8) is 0 Å². The van der Waals surface area contributed by atoms with Crippen molar-refractivity contribution in [2.75, 3.05) is 32.7 Å². The van der Waals surface area contributed by atoms with Gasteiger partial charge in [-0.15, -0.1) is 0 Å². The molecule has 1 aliphatic heterocycles. The van der Waals surface area contributed by atoms with E-state index in [0.717, 1.165) is 56.7 Å². The van der Waals surface area contributed by atoms with E-state index >= 15 is 0 Å². The number of pyridine rings is 1. The summed E-state index contributed by atoms with van der Waals surface area (Å²) in [6, 6.07) is 5.75. The number of aliphatic hydroxyl groups is 1. The quantitative estimate of drug-likeness (QED) is 0.633. The average Bonchev–Trinajstić information content (AvgIpc) is 3.36. The van der Waals surface area contributed by atoms with Crippen LogP contribution in [0.1, 0.15) is 85.2 Å². The summed E-state index contributed by atoms with van der Waals surface area (Å²) < 4.78 is 1.77. The van der Waals surface area contributed by atoms with E-state index in [1.807, 2.05) is 23.1 Å². The van der Waals surface area contributed by atoms with Gasteiger partial charge in [-0.25, -0.2) is 4.98 Å². The molecule has 8 heteroatoms. The molecular weight excluding hydrogens is 478 g/mol. The molecule has 2 aromatic rings. The maximum Gasteiger partial charge on any atom is 0.274 e. The second-order valence-electron chi connectivity index (χ2n) is 13.1. The monoisotopic (exact) mass is 519 g/mol. The highest BCUT2D eigenvalue weighted by molar-refractivity contribution is 5.95. The number of nitrogens with one attached hydrogen (secondary N) is 1. The number of fused-ring (bicyclic) bond motifs is 1. The van der Waals surface area contributed by atoms with Gasteiger partial charge < -0.3 is 15.3 Å². The third kappa shape index (κ3) is 4.43. The number of hydrogen-bond acceptors (Lipinski definition) is 5. The minimum Gasteiger partial charge on any atom is -0.391 e. The van der Waals surface area contributed by atoms with E-state index in [1.165, 1.54) is 44.9 Å². The summed E-state index contributed by atoms with van der Waals surface area (Å²) in [7, 11) is 0. The molecule has 6 fully saturated rings. The van der Waals surface area contributed by atoms with Gasteiger partial charge in [-0.2, -0.15) is 0 Å². The van der Waals surface area contributed by atoms with Crippen LogP contribution in [0, 0.1) is 23.2 Å². The lowest BCUT2D eigenvalue weighted by Crippen LogP contribution is -2.55. The molecule has 0 spiro atoms. The molecule has 204 valence electrons. The highest BCUT2D eigenvalue weighted by atomic mass is 16.3. The number of rotatable bonds is 5. The molecule has 8 rings (SSSR count). The predicted molar refractivity (Wildman–Crippen MR) is 144 cm³/mol. The Hall–Kier alpha value is -2.45. The first-order chi connectivity index (χ1) is 18.5. The number of nitrogens with zero attached hydrogens (tertiary/aromatic N) is 4. The van der Waals surface area contributed by atoms with Gasteiger partial charge in [0.15, 0.2) is 0 Å². The molecule has 5 saturated carbocycles. The van der Waals surface area contributed by atoms with Crippen LogP contribution in [0.15, 0.2) is 24.4 Å². The van der Waals surface area contributed by atoms with Gasteiger partial charge in [-0.05, 0) is 86.7 Å². The first-order valence-electron chi connectivity index (χ1n) is 14.9. The normalized spacial score (nSPS) is 35.1. The fraction of sp³-hybridized carbons (Fsp3) is 0.700. The van der Waals surface area contributed by atoms with Crippen LogP contribution < -0.4 is 5.32 Å². The van der Waals surface area contributed by atoms with Crippen LogP contribution in [0.2, 0.25) is 0 Å². The van der Waals surface area contributed by atoms with Crippen LogP contribution in [-0.2, 0) is 0 Å². The Morgan fingerprint density at radius 3 is 2.34 bits per heavy atom. The lowest BCUT2D eigenvalue weighted by molar-refractivity contribution is -0.0503. The molecule has 6 aliphatic rings. The molecule has 2 aromatic heterocycles. The van der Waals surface area contributed by atoms with Gasteiger partial charge in [0.1, 0.15) is 17.0 Å². The molecule has 0 unspecified atom stereocenters. The standard InChI is InChI=1S/C30H41N5O3/c36-26-6-2-1-4-24(26)33-8-10-34(11-9-33)29(38)23-18-35-25(5-3-7-27(35)32-23)28(37)31-19-30-15-20-12-21(16-30)14-22(13-20)17-30/h3,5,7,18,20-22,24,26,36H,1-2,4,6,8-17,19H2,(H,31,37)/t20?,21?,22?,24-,26-,30?/m1/s1. The van der Waals surface area contributed by atoms with Crippen LogP contribution >= 0.6 is 0 Å². The number of aliphatic hydroxyl groups excluding tert-OH is 1. The number of carbonyl (C=O) groups excluding carboxylic acids is 2. The number of hydrogen-bond donors (Lipinski definition) is 2. The molecule has 2 amide bonds. The van der Waals surface area contributed by atoms with Gasteiger partial charge in [-0.1, -0.05) is 18.9 Å². The van der Waals surface area contributed by atoms with Crippen molar-refractivity contribution >= 4 is 17.5 Å². The van der Waals surface area contributed by atoms with E-state index in [9.17, 15) is 14.7 Å². The first kappa shape index (κ1) is 24.6. The SMILES string of the molecule is O=C(NCC12CC3CC(CC(C3)C1)C2)c1cccc2nc(C(=O)N3CCN([C@@H]4CCCC[C@H]4O)CC3)cn12. The Kier molecular flexibility index (Phi) is 6.23. The molecule has 0 radical (unpaired) electrons. The van der Waals surface area contributed by atoms with Crippen LogP contribution in [0.3, 0.4) is 0 Å². The van der Waals surface area contributed by atoms with Gasteiger partial charge >= 0.3 is 0 Å². The fourth-order valence-electron chi connectivity index (χ4n) is 9.10. The van der Waals surface area contributed by atoms with Crippen LogP contribution in [0.25, 0.3) is 5.65 Å². The Labute approximate surface area is 224 Å². The van der Waals surface area contributed by atoms with Gasteiger partial charge in [0.05, 0.1) is 6.10 Å². The van der Waals surface area contributed by atoms with E-state index in [0.29, 0.717) is 30.1 Å². The zero-order chi connectivity index (χ0) is 25.9. The molecule has 1 saturated heterocycles. The minimum atomic E-state index is -0.253. The van der Waals surface area contributed by atoms with Gasteiger partial charge in [0.2, 0.25) is 0 Å². The minimum absolute atomic E-state index is 0.0811. The molecule has 0 aromatic carbocycles. The van der Waals surface area contributed by atoms with Crippen molar-refractivity contribution in [3.05, 3.63) is 35.8 Å². The molecule has 3 heterocycles. The Morgan fingerprint density at radius 2 is 1.66 bits per heavy atom. The summed E-state index contributed by atoms with van der Waals surface area (Å²) in [5, 5.41) is 13.7. The second-order valence-corrected chi connectivity index (χ2v) is 13.1. The van der Waals surface area contributed by atoms with Gasteiger partial charge in [0.25, 0.3) is 11.8 Å². The summed E-state index contributed by atoms with van der Waals surface area (Å²) in [5.74, 6) is 2.41. The van der Waals surface area contributed by atoms with Crippen molar-refractivity contribution in [2.24, 2.45) is 23.2 Å². The number of aromatic nitrogens is 2. The Morgan fingerprint density at radius 1 is 0.974 bits per heavy atom. The van der Waals surface area contributed by atoms with Crippen molar-refractivity contribution in [1.29, 1.82) is 0 Å². The summed E-state index contributed by atoms with van der Waals surface area (Å²) in [4.78, 5) is 35.5. The van der Waals surface area contributed by atoms with E-state index in [4.69, 9.17) is 0 Å². The zero-order valence-corrected chi connectivity index (χ0v) is 22.4. The largest absolute Gasteiger partial charge is 0.391 e. The summed E-state index contributed by atoms with van der Waals surface area (Å²) in [6.07, 6.45) is 13.7. The summed E-state index contributed by atoms with van der Waals surface area (Å²) in [5.41, 5.74) is 1.83. The molecule has 5 aliphatic carbocycles. The molecule has 8 nitrogen and oxygen atoms in total. The predicted octanol–water partition coefficient (Wildman–Crippen LogP) is 3.34. The van der Waals surface area contributed by atoms with Crippen LogP contribution in [0.5, 0.6) is 0 Å². The molecule has 38 heavy (non-hydrogen) atoms. The molecule has 2 atom stereocenters. The highest BCUT2D eigenvalue weighted by Gasteiger charge is 2.50.